The fraction of sp³-hybridized carbons (Fsp3) is 0.458. The second-order valence-corrected chi connectivity index (χ2v) is 8.18. The molecule has 1 aliphatic rings. The molecule has 0 radical (unpaired) electrons. The molecule has 0 atom stereocenters. The van der Waals surface area contributed by atoms with Crippen molar-refractivity contribution in [1.29, 1.82) is 0 Å². The molecule has 0 spiro atoms. The number of pyridine rings is 1. The van der Waals surface area contributed by atoms with E-state index in [-0.39, 0.29) is 5.91 Å². The Morgan fingerprint density at radius 2 is 1.94 bits per heavy atom. The Morgan fingerprint density at radius 1 is 1.13 bits per heavy atom. The zero-order chi connectivity index (χ0) is 22.1. The number of aromatic nitrogens is 1. The minimum atomic E-state index is 0.0507. The van der Waals surface area contributed by atoms with Crippen LogP contribution in [0.4, 0.5) is 11.5 Å². The van der Waals surface area contributed by atoms with Crippen molar-refractivity contribution < 1.29 is 4.79 Å². The molecular weight excluding hydrogens is 388 g/mol. The maximum absolute atomic E-state index is 12.1. The van der Waals surface area contributed by atoms with Gasteiger partial charge >= 0.3 is 0 Å². The van der Waals surface area contributed by atoms with E-state index in [1.165, 1.54) is 0 Å². The van der Waals surface area contributed by atoms with Crippen molar-refractivity contribution in [1.82, 2.24) is 15.2 Å². The lowest BCUT2D eigenvalue weighted by atomic mass is 10.1. The van der Waals surface area contributed by atoms with Crippen LogP contribution in [0.5, 0.6) is 0 Å². The van der Waals surface area contributed by atoms with E-state index in [2.05, 4.69) is 38.4 Å². The lowest BCUT2D eigenvalue weighted by Gasteiger charge is -2.37. The number of aliphatic imine (C=N–C) groups is 1. The molecule has 1 aromatic carbocycles. The molecule has 0 bridgehead atoms. The van der Waals surface area contributed by atoms with Crippen LogP contribution in [0.25, 0.3) is 0 Å². The highest BCUT2D eigenvalue weighted by atomic mass is 16.1. The van der Waals surface area contributed by atoms with Gasteiger partial charge in [-0.25, -0.2) is 9.98 Å². The summed E-state index contributed by atoms with van der Waals surface area (Å²) in [6, 6.07) is 14.0. The van der Waals surface area contributed by atoms with Crippen LogP contribution in [-0.2, 0) is 11.3 Å². The van der Waals surface area contributed by atoms with Crippen LogP contribution in [0.2, 0.25) is 0 Å². The molecule has 0 unspecified atom stereocenters. The lowest BCUT2D eigenvalue weighted by molar-refractivity contribution is -0.116. The fourth-order valence-electron chi connectivity index (χ4n) is 3.61. The topological polar surface area (TPSA) is 72.9 Å². The molecule has 2 heterocycles. The fourth-order valence-corrected chi connectivity index (χ4v) is 3.61. The van der Waals surface area contributed by atoms with E-state index in [9.17, 15) is 4.79 Å². The van der Waals surface area contributed by atoms with Gasteiger partial charge in [-0.1, -0.05) is 32.0 Å². The van der Waals surface area contributed by atoms with Gasteiger partial charge in [-0.05, 0) is 42.7 Å². The predicted molar refractivity (Wildman–Crippen MR) is 127 cm³/mol. The average Bonchev–Trinajstić information content (AvgIpc) is 2.77. The summed E-state index contributed by atoms with van der Waals surface area (Å²) in [6.07, 6.45) is 2.37. The molecule has 7 nitrogen and oxygen atoms in total. The summed E-state index contributed by atoms with van der Waals surface area (Å²) in [5.41, 5.74) is 1.90. The summed E-state index contributed by atoms with van der Waals surface area (Å²) in [6.45, 7) is 11.2. The number of piperazine rings is 1. The van der Waals surface area contributed by atoms with E-state index in [0.29, 0.717) is 18.9 Å². The van der Waals surface area contributed by atoms with E-state index >= 15 is 0 Å². The van der Waals surface area contributed by atoms with Crippen LogP contribution in [-0.4, -0.2) is 54.5 Å². The number of anilines is 2. The Kier molecular flexibility index (Phi) is 8.27. The monoisotopic (exact) mass is 422 g/mol. The molecule has 31 heavy (non-hydrogen) atoms. The van der Waals surface area contributed by atoms with E-state index in [1.807, 2.05) is 56.4 Å². The number of carbonyl (C=O) groups is 1. The molecule has 1 aliphatic heterocycles. The average molecular weight is 423 g/mol. The molecule has 0 saturated carbocycles. The van der Waals surface area contributed by atoms with Gasteiger partial charge in [0.1, 0.15) is 5.82 Å². The van der Waals surface area contributed by atoms with Crippen molar-refractivity contribution in [2.75, 3.05) is 42.9 Å². The first-order valence-electron chi connectivity index (χ1n) is 11.1. The molecule has 1 fully saturated rings. The molecule has 7 heteroatoms. The van der Waals surface area contributed by atoms with Crippen molar-refractivity contribution in [2.45, 2.75) is 33.7 Å². The smallest absolute Gasteiger partial charge is 0.224 e. The molecule has 1 aromatic heterocycles. The van der Waals surface area contributed by atoms with Crippen molar-refractivity contribution in [3.05, 3.63) is 54.2 Å². The zero-order valence-electron chi connectivity index (χ0n) is 18.8. The Labute approximate surface area is 185 Å². The number of amides is 1. The third-order valence-corrected chi connectivity index (χ3v) is 5.10. The normalized spacial score (nSPS) is 14.6. The number of hydrogen-bond donors (Lipinski definition) is 2. The van der Waals surface area contributed by atoms with Gasteiger partial charge in [0, 0.05) is 51.0 Å². The van der Waals surface area contributed by atoms with Crippen LogP contribution < -0.4 is 15.5 Å². The van der Waals surface area contributed by atoms with Gasteiger partial charge in [-0.15, -0.1) is 0 Å². The molecule has 1 amide bonds. The van der Waals surface area contributed by atoms with Gasteiger partial charge in [0.05, 0.1) is 6.54 Å². The van der Waals surface area contributed by atoms with Gasteiger partial charge in [-0.2, -0.15) is 0 Å². The van der Waals surface area contributed by atoms with Gasteiger partial charge in [0.2, 0.25) is 5.91 Å². The first-order valence-corrected chi connectivity index (χ1v) is 11.1. The molecule has 0 aliphatic carbocycles. The number of rotatable bonds is 7. The van der Waals surface area contributed by atoms with Gasteiger partial charge < -0.3 is 20.4 Å². The molecular formula is C24H34N6O. The summed E-state index contributed by atoms with van der Waals surface area (Å²) < 4.78 is 0. The third-order valence-electron chi connectivity index (χ3n) is 5.10. The van der Waals surface area contributed by atoms with E-state index < -0.39 is 0 Å². The van der Waals surface area contributed by atoms with E-state index in [0.717, 1.165) is 55.8 Å². The Morgan fingerprint density at radius 3 is 2.61 bits per heavy atom. The first kappa shape index (κ1) is 22.6. The van der Waals surface area contributed by atoms with Crippen LogP contribution in [0.3, 0.4) is 0 Å². The summed E-state index contributed by atoms with van der Waals surface area (Å²) >= 11 is 0. The maximum Gasteiger partial charge on any atom is 0.224 e. The number of nitrogens with one attached hydrogen (secondary N) is 2. The minimum Gasteiger partial charge on any atom is -0.357 e. The predicted octanol–water partition coefficient (Wildman–Crippen LogP) is 3.35. The minimum absolute atomic E-state index is 0.0507. The second-order valence-electron chi connectivity index (χ2n) is 8.18. The molecule has 2 N–H and O–H groups in total. The largest absolute Gasteiger partial charge is 0.357 e. The highest BCUT2D eigenvalue weighted by Gasteiger charge is 2.20. The quantitative estimate of drug-likeness (QED) is 0.529. The Balaban J connectivity index is 1.60. The summed E-state index contributed by atoms with van der Waals surface area (Å²) in [5.74, 6) is 2.35. The van der Waals surface area contributed by atoms with E-state index in [1.54, 1.807) is 0 Å². The Hall–Kier alpha value is -3.09. The summed E-state index contributed by atoms with van der Waals surface area (Å²) in [4.78, 5) is 26.0. The second kappa shape index (κ2) is 11.3. The number of carbonyl (C=O) groups excluding carboxylic acids is 1. The maximum atomic E-state index is 12.1. The van der Waals surface area contributed by atoms with Crippen LogP contribution in [0.1, 0.15) is 32.8 Å². The van der Waals surface area contributed by atoms with Crippen molar-refractivity contribution >= 4 is 23.4 Å². The van der Waals surface area contributed by atoms with E-state index in [4.69, 9.17) is 4.99 Å². The first-order chi connectivity index (χ1) is 15.0. The van der Waals surface area contributed by atoms with Crippen LogP contribution in [0, 0.1) is 5.92 Å². The molecule has 166 valence electrons. The van der Waals surface area contributed by atoms with Crippen LogP contribution >= 0.6 is 0 Å². The number of nitrogens with zero attached hydrogens (tertiary/aromatic N) is 4. The summed E-state index contributed by atoms with van der Waals surface area (Å²) in [5, 5.41) is 6.40. The molecule has 1 saturated heterocycles. The highest BCUT2D eigenvalue weighted by Crippen LogP contribution is 2.15. The summed E-state index contributed by atoms with van der Waals surface area (Å²) in [7, 11) is 0. The number of hydrogen-bond acceptors (Lipinski definition) is 4. The van der Waals surface area contributed by atoms with Crippen molar-refractivity contribution in [3.8, 4) is 0 Å². The van der Waals surface area contributed by atoms with Gasteiger partial charge in [-0.3, -0.25) is 4.79 Å². The molecule has 2 aromatic rings. The standard InChI is InChI=1S/C24H34N6O/c1-4-25-24(30-14-12-29(13-15-30)22-10-5-6-11-26-22)27-18-20-8-7-9-21(17-20)28-23(31)16-19(2)3/h5-11,17,19H,4,12-16,18H2,1-3H3,(H,25,27)(H,28,31). The number of benzene rings is 1. The highest BCUT2D eigenvalue weighted by molar-refractivity contribution is 5.90. The Bertz CT molecular complexity index is 859. The lowest BCUT2D eigenvalue weighted by Crippen LogP contribution is -2.52. The zero-order valence-corrected chi connectivity index (χ0v) is 18.8. The van der Waals surface area contributed by atoms with Crippen molar-refractivity contribution in [2.24, 2.45) is 10.9 Å². The third kappa shape index (κ3) is 6.98. The van der Waals surface area contributed by atoms with Gasteiger partial charge in [0.15, 0.2) is 5.96 Å². The van der Waals surface area contributed by atoms with Gasteiger partial charge in [0.25, 0.3) is 0 Å². The SMILES string of the molecule is CCNC(=NCc1cccc(NC(=O)CC(C)C)c1)N1CCN(c2ccccn2)CC1. The van der Waals surface area contributed by atoms with Crippen LogP contribution in [0.15, 0.2) is 53.7 Å². The number of guanidine groups is 1. The molecule has 3 rings (SSSR count). The van der Waals surface area contributed by atoms with Crippen molar-refractivity contribution in [3.63, 3.8) is 0 Å².